The van der Waals surface area contributed by atoms with E-state index in [0.717, 1.165) is 43.8 Å². The third-order valence-corrected chi connectivity index (χ3v) is 6.44. The molecule has 0 aromatic carbocycles. The molecule has 1 aromatic rings. The van der Waals surface area contributed by atoms with E-state index < -0.39 is 10.0 Å². The van der Waals surface area contributed by atoms with Crippen molar-refractivity contribution in [3.63, 3.8) is 0 Å². The highest BCUT2D eigenvalue weighted by atomic mass is 35.5. The van der Waals surface area contributed by atoms with Crippen LogP contribution < -0.4 is 4.72 Å². The average molecular weight is 339 g/mol. The van der Waals surface area contributed by atoms with E-state index in [4.69, 9.17) is 0 Å². The number of halogens is 1. The van der Waals surface area contributed by atoms with Crippen molar-refractivity contribution in [3.8, 4) is 0 Å². The van der Waals surface area contributed by atoms with Gasteiger partial charge in [0.05, 0.1) is 0 Å². The first-order valence-corrected chi connectivity index (χ1v) is 9.12. The van der Waals surface area contributed by atoms with Crippen molar-refractivity contribution < 1.29 is 8.42 Å². The van der Waals surface area contributed by atoms with Crippen LogP contribution in [0.3, 0.4) is 0 Å². The van der Waals surface area contributed by atoms with Gasteiger partial charge in [-0.05, 0) is 58.0 Å². The summed E-state index contributed by atoms with van der Waals surface area (Å²) in [5, 5.41) is 0. The number of hydrogen-bond acceptors (Lipinski definition) is 4. The molecule has 0 bridgehead atoms. The minimum Gasteiger partial charge on any atom is -0.303 e. The zero-order chi connectivity index (χ0) is 13.9. The number of likely N-dealkylation sites (tertiary alicyclic amines) is 1. The van der Waals surface area contributed by atoms with Crippen molar-refractivity contribution in [2.24, 2.45) is 0 Å². The Hall–Kier alpha value is -0.140. The van der Waals surface area contributed by atoms with Crippen LogP contribution in [0, 0.1) is 6.92 Å². The molecule has 1 N–H and O–H groups in total. The van der Waals surface area contributed by atoms with E-state index in [1.807, 2.05) is 13.0 Å². The summed E-state index contributed by atoms with van der Waals surface area (Å²) in [5.74, 6) is 0. The average Bonchev–Trinajstić information content (AvgIpc) is 2.79. The van der Waals surface area contributed by atoms with E-state index in [2.05, 4.69) is 16.5 Å². The fourth-order valence-electron chi connectivity index (χ4n) is 2.42. The molecule has 0 saturated carbocycles. The molecule has 2 rings (SSSR count). The molecule has 116 valence electrons. The van der Waals surface area contributed by atoms with Crippen LogP contribution in [0.1, 0.15) is 31.1 Å². The van der Waals surface area contributed by atoms with Crippen LogP contribution in [-0.2, 0) is 10.0 Å². The van der Waals surface area contributed by atoms with Gasteiger partial charge in [-0.25, -0.2) is 13.1 Å². The zero-order valence-corrected chi connectivity index (χ0v) is 14.4. The Kier molecular flexibility index (Phi) is 6.94. The molecule has 0 spiro atoms. The Morgan fingerprint density at radius 1 is 1.35 bits per heavy atom. The molecule has 1 saturated heterocycles. The second-order valence-electron chi connectivity index (χ2n) is 5.10. The fourth-order valence-corrected chi connectivity index (χ4v) is 5.03. The molecule has 4 nitrogen and oxygen atoms in total. The molecule has 0 amide bonds. The maximum atomic E-state index is 12.2. The standard InChI is InChI=1S/C13H22N2O2S2.ClH/c1-3-8-15-9-6-12(7-10-15)14-19(16,17)13-5-4-11(2)18-13;/h4-5,12,14H,3,6-10H2,1-2H3;1H. The molecule has 0 aliphatic carbocycles. The van der Waals surface area contributed by atoms with Crippen molar-refractivity contribution in [1.29, 1.82) is 0 Å². The van der Waals surface area contributed by atoms with Crippen LogP contribution in [0.4, 0.5) is 0 Å². The van der Waals surface area contributed by atoms with Crippen molar-refractivity contribution in [1.82, 2.24) is 9.62 Å². The first kappa shape index (κ1) is 17.9. The highest BCUT2D eigenvalue weighted by molar-refractivity contribution is 7.91. The van der Waals surface area contributed by atoms with Crippen molar-refractivity contribution in [2.75, 3.05) is 19.6 Å². The van der Waals surface area contributed by atoms with E-state index in [1.54, 1.807) is 6.07 Å². The Balaban J connectivity index is 0.00000200. The molecular formula is C13H23ClN2O2S2. The molecule has 1 aromatic heterocycles. The molecule has 0 atom stereocenters. The third kappa shape index (κ3) is 4.70. The Morgan fingerprint density at radius 2 is 2.00 bits per heavy atom. The minimum atomic E-state index is -3.32. The molecule has 20 heavy (non-hydrogen) atoms. The molecule has 7 heteroatoms. The van der Waals surface area contributed by atoms with Crippen LogP contribution >= 0.6 is 23.7 Å². The number of hydrogen-bond donors (Lipinski definition) is 1. The Labute approximate surface area is 132 Å². The monoisotopic (exact) mass is 338 g/mol. The summed E-state index contributed by atoms with van der Waals surface area (Å²) >= 11 is 1.33. The summed E-state index contributed by atoms with van der Waals surface area (Å²) in [6.07, 6.45) is 2.97. The second-order valence-corrected chi connectivity index (χ2v) is 8.33. The lowest BCUT2D eigenvalue weighted by atomic mass is 10.1. The first-order valence-electron chi connectivity index (χ1n) is 6.82. The van der Waals surface area contributed by atoms with Gasteiger partial charge in [-0.3, -0.25) is 0 Å². The number of nitrogens with zero attached hydrogens (tertiary/aromatic N) is 1. The quantitative estimate of drug-likeness (QED) is 0.897. The summed E-state index contributed by atoms with van der Waals surface area (Å²) < 4.78 is 27.7. The van der Waals surface area contributed by atoms with Crippen molar-refractivity contribution >= 4 is 33.8 Å². The molecule has 0 radical (unpaired) electrons. The number of thiophene rings is 1. The smallest absolute Gasteiger partial charge is 0.250 e. The van der Waals surface area contributed by atoms with Gasteiger partial charge in [0.15, 0.2) is 0 Å². The van der Waals surface area contributed by atoms with Crippen LogP contribution in [0.5, 0.6) is 0 Å². The molecule has 1 aliphatic heterocycles. The lowest BCUT2D eigenvalue weighted by molar-refractivity contribution is 0.208. The van der Waals surface area contributed by atoms with Gasteiger partial charge in [0, 0.05) is 10.9 Å². The fraction of sp³-hybridized carbons (Fsp3) is 0.692. The highest BCUT2D eigenvalue weighted by Gasteiger charge is 2.25. The van der Waals surface area contributed by atoms with E-state index in [0.29, 0.717) is 4.21 Å². The summed E-state index contributed by atoms with van der Waals surface area (Å²) in [6.45, 7) is 7.19. The molecule has 2 heterocycles. The molecule has 1 aliphatic rings. The SMILES string of the molecule is CCCN1CCC(NS(=O)(=O)c2ccc(C)s2)CC1.Cl. The van der Waals surface area contributed by atoms with Gasteiger partial charge in [-0.15, -0.1) is 23.7 Å². The molecular weight excluding hydrogens is 316 g/mol. The summed E-state index contributed by atoms with van der Waals surface area (Å²) in [4.78, 5) is 3.43. The van der Waals surface area contributed by atoms with Gasteiger partial charge < -0.3 is 4.90 Å². The number of sulfonamides is 1. The van der Waals surface area contributed by atoms with Crippen LogP contribution in [-0.4, -0.2) is 39.0 Å². The van der Waals surface area contributed by atoms with Gasteiger partial charge in [-0.1, -0.05) is 6.92 Å². The minimum absolute atomic E-state index is 0. The largest absolute Gasteiger partial charge is 0.303 e. The predicted octanol–water partition coefficient (Wildman–Crippen LogP) is 2.63. The van der Waals surface area contributed by atoms with Gasteiger partial charge in [0.2, 0.25) is 10.0 Å². The van der Waals surface area contributed by atoms with Gasteiger partial charge >= 0.3 is 0 Å². The normalized spacial score (nSPS) is 17.9. The van der Waals surface area contributed by atoms with Crippen molar-refractivity contribution in [2.45, 2.75) is 43.4 Å². The summed E-state index contributed by atoms with van der Waals surface area (Å²) in [6, 6.07) is 3.62. The number of piperidine rings is 1. The van der Waals surface area contributed by atoms with E-state index in [-0.39, 0.29) is 18.4 Å². The summed E-state index contributed by atoms with van der Waals surface area (Å²) in [7, 11) is -3.32. The Morgan fingerprint density at radius 3 is 2.50 bits per heavy atom. The summed E-state index contributed by atoms with van der Waals surface area (Å²) in [5.41, 5.74) is 0. The van der Waals surface area contributed by atoms with Crippen LogP contribution in [0.15, 0.2) is 16.3 Å². The third-order valence-electron chi connectivity index (χ3n) is 3.43. The zero-order valence-electron chi connectivity index (χ0n) is 12.0. The Bertz CT molecular complexity index is 508. The number of rotatable bonds is 5. The van der Waals surface area contributed by atoms with Crippen molar-refractivity contribution in [3.05, 3.63) is 17.0 Å². The number of aryl methyl sites for hydroxylation is 1. The van der Waals surface area contributed by atoms with E-state index in [9.17, 15) is 8.42 Å². The lowest BCUT2D eigenvalue weighted by Gasteiger charge is -2.31. The highest BCUT2D eigenvalue weighted by Crippen LogP contribution is 2.22. The topological polar surface area (TPSA) is 49.4 Å². The van der Waals surface area contributed by atoms with Gasteiger partial charge in [0.25, 0.3) is 0 Å². The second kappa shape index (κ2) is 7.75. The first-order chi connectivity index (χ1) is 9.01. The maximum absolute atomic E-state index is 12.2. The number of nitrogens with one attached hydrogen (secondary N) is 1. The molecule has 0 unspecified atom stereocenters. The van der Waals surface area contributed by atoms with E-state index >= 15 is 0 Å². The predicted molar refractivity (Wildman–Crippen MR) is 86.4 cm³/mol. The van der Waals surface area contributed by atoms with E-state index in [1.165, 1.54) is 11.3 Å². The van der Waals surface area contributed by atoms with Gasteiger partial charge in [0.1, 0.15) is 4.21 Å². The lowest BCUT2D eigenvalue weighted by Crippen LogP contribution is -2.44. The van der Waals surface area contributed by atoms with Crippen LogP contribution in [0.25, 0.3) is 0 Å². The van der Waals surface area contributed by atoms with Gasteiger partial charge in [-0.2, -0.15) is 0 Å². The maximum Gasteiger partial charge on any atom is 0.250 e. The van der Waals surface area contributed by atoms with Crippen LogP contribution in [0.2, 0.25) is 0 Å². The molecule has 1 fully saturated rings.